The van der Waals surface area contributed by atoms with Crippen molar-refractivity contribution in [1.82, 2.24) is 9.62 Å². The van der Waals surface area contributed by atoms with Crippen LogP contribution in [-0.4, -0.2) is 43.6 Å². The predicted octanol–water partition coefficient (Wildman–Crippen LogP) is 1.97. The highest BCUT2D eigenvalue weighted by atomic mass is 32.2. The van der Waals surface area contributed by atoms with Gasteiger partial charge in [-0.2, -0.15) is 4.31 Å². The van der Waals surface area contributed by atoms with E-state index in [1.54, 1.807) is 4.31 Å². The van der Waals surface area contributed by atoms with E-state index >= 15 is 0 Å². The molecule has 1 heterocycles. The number of hydrogen-bond donors (Lipinski definition) is 1. The Bertz CT molecular complexity index is 330. The molecular formula is C13H28N2O2S. The van der Waals surface area contributed by atoms with Crippen LogP contribution in [0.15, 0.2) is 0 Å². The number of hydrogen-bond acceptors (Lipinski definition) is 3. The molecule has 2 atom stereocenters. The summed E-state index contributed by atoms with van der Waals surface area (Å²) in [6.45, 7) is 7.83. The van der Waals surface area contributed by atoms with Crippen molar-refractivity contribution in [2.45, 2.75) is 65.0 Å². The Morgan fingerprint density at radius 3 is 2.61 bits per heavy atom. The van der Waals surface area contributed by atoms with E-state index in [1.807, 2.05) is 6.92 Å². The summed E-state index contributed by atoms with van der Waals surface area (Å²) in [7, 11) is -3.06. The molecule has 0 aliphatic carbocycles. The van der Waals surface area contributed by atoms with Crippen molar-refractivity contribution in [3.05, 3.63) is 0 Å². The highest BCUT2D eigenvalue weighted by molar-refractivity contribution is 7.89. The van der Waals surface area contributed by atoms with Gasteiger partial charge in [0.25, 0.3) is 0 Å². The van der Waals surface area contributed by atoms with Gasteiger partial charge >= 0.3 is 0 Å². The Morgan fingerprint density at radius 2 is 2.00 bits per heavy atom. The van der Waals surface area contributed by atoms with E-state index in [0.29, 0.717) is 13.0 Å². The fourth-order valence-electron chi connectivity index (χ4n) is 2.66. The molecule has 18 heavy (non-hydrogen) atoms. The molecule has 1 rings (SSSR count). The third-order valence-corrected chi connectivity index (χ3v) is 5.70. The Kier molecular flexibility index (Phi) is 6.60. The molecule has 1 fully saturated rings. The van der Waals surface area contributed by atoms with Gasteiger partial charge in [0, 0.05) is 18.6 Å². The minimum Gasteiger partial charge on any atom is -0.313 e. The van der Waals surface area contributed by atoms with Crippen molar-refractivity contribution in [3.8, 4) is 0 Å². The molecule has 1 N–H and O–H groups in total. The SMILES string of the molecule is CCCNC(C)C1CCCCN1S(=O)(=O)CCC. The molecule has 2 unspecified atom stereocenters. The molecule has 0 spiro atoms. The van der Waals surface area contributed by atoms with Gasteiger partial charge in [-0.3, -0.25) is 0 Å². The van der Waals surface area contributed by atoms with Crippen LogP contribution in [0.2, 0.25) is 0 Å². The molecule has 0 aromatic heterocycles. The second kappa shape index (κ2) is 7.46. The van der Waals surface area contributed by atoms with Crippen LogP contribution in [0.25, 0.3) is 0 Å². The van der Waals surface area contributed by atoms with Crippen LogP contribution in [0.4, 0.5) is 0 Å². The maximum atomic E-state index is 12.3. The molecule has 1 saturated heterocycles. The van der Waals surface area contributed by atoms with Gasteiger partial charge in [0.05, 0.1) is 5.75 Å². The van der Waals surface area contributed by atoms with Crippen molar-refractivity contribution in [3.63, 3.8) is 0 Å². The van der Waals surface area contributed by atoms with Gasteiger partial charge in [-0.05, 0) is 39.2 Å². The van der Waals surface area contributed by atoms with Gasteiger partial charge in [-0.15, -0.1) is 0 Å². The summed E-state index contributed by atoms with van der Waals surface area (Å²) < 4.78 is 26.3. The number of rotatable bonds is 7. The molecule has 0 radical (unpaired) electrons. The van der Waals surface area contributed by atoms with Gasteiger partial charge in [0.15, 0.2) is 0 Å². The lowest BCUT2D eigenvalue weighted by Gasteiger charge is -2.38. The number of sulfonamides is 1. The maximum Gasteiger partial charge on any atom is 0.214 e. The number of nitrogens with one attached hydrogen (secondary N) is 1. The Labute approximate surface area is 112 Å². The smallest absolute Gasteiger partial charge is 0.214 e. The van der Waals surface area contributed by atoms with Crippen LogP contribution in [0, 0.1) is 0 Å². The average molecular weight is 276 g/mol. The monoisotopic (exact) mass is 276 g/mol. The van der Waals surface area contributed by atoms with Gasteiger partial charge in [0.1, 0.15) is 0 Å². The average Bonchev–Trinajstić information content (AvgIpc) is 2.36. The van der Waals surface area contributed by atoms with Crippen molar-refractivity contribution < 1.29 is 8.42 Å². The summed E-state index contributed by atoms with van der Waals surface area (Å²) in [6, 6.07) is 0.388. The van der Waals surface area contributed by atoms with E-state index in [9.17, 15) is 8.42 Å². The molecule has 0 saturated carbocycles. The minimum atomic E-state index is -3.06. The van der Waals surface area contributed by atoms with Crippen LogP contribution >= 0.6 is 0 Å². The van der Waals surface area contributed by atoms with Gasteiger partial charge < -0.3 is 5.32 Å². The quantitative estimate of drug-likeness (QED) is 0.773. The van der Waals surface area contributed by atoms with Crippen LogP contribution < -0.4 is 5.32 Å². The second-order valence-corrected chi connectivity index (χ2v) is 7.27. The lowest BCUT2D eigenvalue weighted by Crippen LogP contribution is -2.53. The first kappa shape index (κ1) is 15.9. The Morgan fingerprint density at radius 1 is 1.28 bits per heavy atom. The summed E-state index contributed by atoms with van der Waals surface area (Å²) in [5, 5.41) is 3.44. The zero-order valence-corrected chi connectivity index (χ0v) is 12.8. The third-order valence-electron chi connectivity index (χ3n) is 3.61. The first-order valence-electron chi connectivity index (χ1n) is 7.25. The fourth-order valence-corrected chi connectivity index (χ4v) is 4.52. The van der Waals surface area contributed by atoms with E-state index in [2.05, 4.69) is 19.2 Å². The summed E-state index contributed by atoms with van der Waals surface area (Å²) in [5.41, 5.74) is 0. The number of nitrogens with zero attached hydrogens (tertiary/aromatic N) is 1. The van der Waals surface area contributed by atoms with Crippen LogP contribution in [-0.2, 0) is 10.0 Å². The second-order valence-electron chi connectivity index (χ2n) is 5.23. The molecule has 0 aromatic carbocycles. The van der Waals surface area contributed by atoms with E-state index < -0.39 is 10.0 Å². The van der Waals surface area contributed by atoms with E-state index in [-0.39, 0.29) is 17.8 Å². The van der Waals surface area contributed by atoms with E-state index in [0.717, 1.165) is 32.2 Å². The molecular weight excluding hydrogens is 248 g/mol. The van der Waals surface area contributed by atoms with Gasteiger partial charge in [-0.1, -0.05) is 20.3 Å². The Hall–Kier alpha value is -0.130. The van der Waals surface area contributed by atoms with Crippen molar-refractivity contribution in [1.29, 1.82) is 0 Å². The maximum absolute atomic E-state index is 12.3. The topological polar surface area (TPSA) is 49.4 Å². The van der Waals surface area contributed by atoms with Gasteiger partial charge in [0.2, 0.25) is 10.0 Å². The molecule has 0 aromatic rings. The zero-order valence-electron chi connectivity index (χ0n) is 12.0. The molecule has 108 valence electrons. The summed E-state index contributed by atoms with van der Waals surface area (Å²) >= 11 is 0. The lowest BCUT2D eigenvalue weighted by atomic mass is 9.99. The van der Waals surface area contributed by atoms with Crippen LogP contribution in [0.1, 0.15) is 52.9 Å². The summed E-state index contributed by atoms with van der Waals surface area (Å²) in [6.07, 6.45) is 4.91. The standard InChI is InChI=1S/C13H28N2O2S/c1-4-9-14-12(3)13-8-6-7-10-15(13)18(16,17)11-5-2/h12-14H,4-11H2,1-3H3. The Balaban J connectivity index is 2.73. The molecule has 0 bridgehead atoms. The highest BCUT2D eigenvalue weighted by Crippen LogP contribution is 2.23. The van der Waals surface area contributed by atoms with Crippen LogP contribution in [0.3, 0.4) is 0 Å². The zero-order chi connectivity index (χ0) is 13.6. The van der Waals surface area contributed by atoms with Crippen molar-refractivity contribution >= 4 is 10.0 Å². The van der Waals surface area contributed by atoms with E-state index in [1.165, 1.54) is 0 Å². The molecule has 1 aliphatic heterocycles. The first-order valence-corrected chi connectivity index (χ1v) is 8.86. The molecule has 0 amide bonds. The minimum absolute atomic E-state index is 0.141. The lowest BCUT2D eigenvalue weighted by molar-refractivity contribution is 0.208. The fraction of sp³-hybridized carbons (Fsp3) is 1.00. The summed E-state index contributed by atoms with van der Waals surface area (Å²) in [4.78, 5) is 0. The van der Waals surface area contributed by atoms with Gasteiger partial charge in [-0.25, -0.2) is 8.42 Å². The normalized spacial score (nSPS) is 24.1. The van der Waals surface area contributed by atoms with Crippen molar-refractivity contribution in [2.75, 3.05) is 18.8 Å². The van der Waals surface area contributed by atoms with Crippen molar-refractivity contribution in [2.24, 2.45) is 0 Å². The summed E-state index contributed by atoms with van der Waals surface area (Å²) in [5.74, 6) is 0.282. The molecule has 5 heteroatoms. The first-order chi connectivity index (χ1) is 8.53. The number of piperidine rings is 1. The third kappa shape index (κ3) is 4.21. The predicted molar refractivity (Wildman–Crippen MR) is 76.2 cm³/mol. The van der Waals surface area contributed by atoms with E-state index in [4.69, 9.17) is 0 Å². The molecule has 1 aliphatic rings. The highest BCUT2D eigenvalue weighted by Gasteiger charge is 2.34. The molecule has 4 nitrogen and oxygen atoms in total. The largest absolute Gasteiger partial charge is 0.313 e. The van der Waals surface area contributed by atoms with Crippen LogP contribution in [0.5, 0.6) is 0 Å².